The van der Waals surface area contributed by atoms with Crippen molar-refractivity contribution in [1.29, 1.82) is 0 Å². The molecule has 0 aliphatic carbocycles. The number of nitrogens with one attached hydrogen (secondary N) is 3. The lowest BCUT2D eigenvalue weighted by Gasteiger charge is -2.12. The quantitative estimate of drug-likeness (QED) is 0.230. The summed E-state index contributed by atoms with van der Waals surface area (Å²) in [6, 6.07) is 19.6. The number of aryl methyl sites for hydroxylation is 1. The van der Waals surface area contributed by atoms with Crippen LogP contribution in [0.5, 0.6) is 5.75 Å². The Balaban J connectivity index is 1.53. The van der Waals surface area contributed by atoms with E-state index in [1.807, 2.05) is 25.1 Å². The summed E-state index contributed by atoms with van der Waals surface area (Å²) in [5.74, 6) is 0.190. The highest BCUT2D eigenvalue weighted by Gasteiger charge is 2.12. The fourth-order valence-corrected chi connectivity index (χ4v) is 3.79. The van der Waals surface area contributed by atoms with E-state index in [9.17, 15) is 9.59 Å². The van der Waals surface area contributed by atoms with E-state index >= 15 is 0 Å². The number of amides is 2. The monoisotopic (exact) mass is 539 g/mol. The standard InChI is InChI=1S/C26H26BrN3O3S/c1-3-4-15-33-23-14-9-18(16-22(23)27)24(31)30-26(34)29-20-12-10-19(11-13-20)28-25(32)21-8-6-5-7-17(21)2/h5-14,16H,3-4,15H2,1-2H3,(H,28,32)(H2,29,30,31,34). The first kappa shape index (κ1) is 25.4. The van der Waals surface area contributed by atoms with Gasteiger partial charge < -0.3 is 15.4 Å². The number of benzene rings is 3. The second-order valence-electron chi connectivity index (χ2n) is 7.60. The fourth-order valence-electron chi connectivity index (χ4n) is 3.09. The van der Waals surface area contributed by atoms with Crippen LogP contribution in [0.1, 0.15) is 46.0 Å². The van der Waals surface area contributed by atoms with Crippen LogP contribution in [-0.4, -0.2) is 23.5 Å². The maximum Gasteiger partial charge on any atom is 0.257 e. The number of thiocarbonyl (C=S) groups is 1. The summed E-state index contributed by atoms with van der Waals surface area (Å²) in [7, 11) is 0. The summed E-state index contributed by atoms with van der Waals surface area (Å²) >= 11 is 8.72. The molecule has 0 saturated carbocycles. The summed E-state index contributed by atoms with van der Waals surface area (Å²) in [6.45, 7) is 4.62. The smallest absolute Gasteiger partial charge is 0.257 e. The molecular weight excluding hydrogens is 514 g/mol. The Labute approximate surface area is 213 Å². The maximum absolute atomic E-state index is 12.6. The predicted molar refractivity (Wildman–Crippen MR) is 144 cm³/mol. The molecule has 0 aliphatic heterocycles. The Morgan fingerprint density at radius 1 is 0.941 bits per heavy atom. The molecule has 6 nitrogen and oxygen atoms in total. The normalized spacial score (nSPS) is 10.3. The van der Waals surface area contributed by atoms with E-state index in [4.69, 9.17) is 17.0 Å². The van der Waals surface area contributed by atoms with Gasteiger partial charge in [-0.2, -0.15) is 0 Å². The topological polar surface area (TPSA) is 79.5 Å². The molecule has 0 atom stereocenters. The van der Waals surface area contributed by atoms with E-state index in [1.54, 1.807) is 48.5 Å². The van der Waals surface area contributed by atoms with E-state index < -0.39 is 0 Å². The van der Waals surface area contributed by atoms with Gasteiger partial charge in [-0.3, -0.25) is 14.9 Å². The Morgan fingerprint density at radius 3 is 2.26 bits per heavy atom. The number of anilines is 2. The summed E-state index contributed by atoms with van der Waals surface area (Å²) in [4.78, 5) is 25.0. The third kappa shape index (κ3) is 7.13. The minimum atomic E-state index is -0.333. The summed E-state index contributed by atoms with van der Waals surface area (Å²) in [6.07, 6.45) is 2.02. The summed E-state index contributed by atoms with van der Waals surface area (Å²) in [5.41, 5.74) is 3.32. The highest BCUT2D eigenvalue weighted by molar-refractivity contribution is 9.10. The van der Waals surface area contributed by atoms with Gasteiger partial charge in [0.05, 0.1) is 11.1 Å². The highest BCUT2D eigenvalue weighted by Crippen LogP contribution is 2.26. The zero-order valence-electron chi connectivity index (χ0n) is 19.0. The van der Waals surface area contributed by atoms with Crippen LogP contribution >= 0.6 is 28.1 Å². The van der Waals surface area contributed by atoms with Gasteiger partial charge in [-0.1, -0.05) is 31.5 Å². The van der Waals surface area contributed by atoms with Crippen molar-refractivity contribution in [3.8, 4) is 5.75 Å². The number of carbonyl (C=O) groups excluding carboxylic acids is 2. The van der Waals surface area contributed by atoms with E-state index in [2.05, 4.69) is 38.8 Å². The SMILES string of the molecule is CCCCOc1ccc(C(=O)NC(=S)Nc2ccc(NC(=O)c3ccccc3C)cc2)cc1Br. The van der Waals surface area contributed by atoms with Crippen molar-refractivity contribution in [3.05, 3.63) is 87.9 Å². The lowest BCUT2D eigenvalue weighted by molar-refractivity contribution is 0.0976. The van der Waals surface area contributed by atoms with Crippen LogP contribution in [0.25, 0.3) is 0 Å². The maximum atomic E-state index is 12.6. The molecule has 0 aliphatic rings. The van der Waals surface area contributed by atoms with Crippen molar-refractivity contribution in [1.82, 2.24) is 5.32 Å². The van der Waals surface area contributed by atoms with E-state index in [-0.39, 0.29) is 16.9 Å². The van der Waals surface area contributed by atoms with Gasteiger partial charge in [-0.15, -0.1) is 0 Å². The van der Waals surface area contributed by atoms with Crippen molar-refractivity contribution in [3.63, 3.8) is 0 Å². The second-order valence-corrected chi connectivity index (χ2v) is 8.86. The van der Waals surface area contributed by atoms with Crippen LogP contribution in [0.3, 0.4) is 0 Å². The average Bonchev–Trinajstić information content (AvgIpc) is 2.81. The van der Waals surface area contributed by atoms with E-state index in [0.717, 1.165) is 18.4 Å². The van der Waals surface area contributed by atoms with Crippen LogP contribution in [0.15, 0.2) is 71.2 Å². The van der Waals surface area contributed by atoms with Crippen LogP contribution in [0, 0.1) is 6.92 Å². The molecule has 3 N–H and O–H groups in total. The molecule has 3 aromatic carbocycles. The molecule has 0 bridgehead atoms. The lowest BCUT2D eigenvalue weighted by Crippen LogP contribution is -2.34. The Hall–Kier alpha value is -3.23. The van der Waals surface area contributed by atoms with Crippen molar-refractivity contribution in [2.75, 3.05) is 17.2 Å². The van der Waals surface area contributed by atoms with E-state index in [1.165, 1.54) is 0 Å². The minimum Gasteiger partial charge on any atom is -0.492 e. The van der Waals surface area contributed by atoms with Crippen molar-refractivity contribution in [2.45, 2.75) is 26.7 Å². The molecule has 8 heteroatoms. The molecule has 0 saturated heterocycles. The largest absolute Gasteiger partial charge is 0.492 e. The fraction of sp³-hybridized carbons (Fsp3) is 0.192. The number of ether oxygens (including phenoxy) is 1. The minimum absolute atomic E-state index is 0.168. The molecule has 0 unspecified atom stereocenters. The molecule has 0 fully saturated rings. The van der Waals surface area contributed by atoms with Gasteiger partial charge in [-0.25, -0.2) is 0 Å². The molecule has 0 aromatic heterocycles. The first-order valence-corrected chi connectivity index (χ1v) is 12.1. The molecule has 0 heterocycles. The third-order valence-corrected chi connectivity index (χ3v) is 5.79. The molecule has 3 aromatic rings. The first-order chi connectivity index (χ1) is 16.4. The molecule has 0 radical (unpaired) electrons. The van der Waals surface area contributed by atoms with Crippen LogP contribution in [-0.2, 0) is 0 Å². The number of carbonyl (C=O) groups is 2. The number of unbranched alkanes of at least 4 members (excludes halogenated alkanes) is 1. The second kappa shape index (κ2) is 12.3. The zero-order chi connectivity index (χ0) is 24.5. The van der Waals surface area contributed by atoms with Gasteiger partial charge in [-0.05, 0) is 95.6 Å². The Morgan fingerprint density at radius 2 is 1.62 bits per heavy atom. The zero-order valence-corrected chi connectivity index (χ0v) is 21.4. The number of halogens is 1. The van der Waals surface area contributed by atoms with Crippen LogP contribution in [0.4, 0.5) is 11.4 Å². The molecular formula is C26H26BrN3O3S. The Bertz CT molecular complexity index is 1180. The van der Waals surface area contributed by atoms with Crippen LogP contribution < -0.4 is 20.7 Å². The third-order valence-electron chi connectivity index (χ3n) is 4.97. The van der Waals surface area contributed by atoms with E-state index in [0.29, 0.717) is 39.3 Å². The number of hydrogen-bond donors (Lipinski definition) is 3. The van der Waals surface area contributed by atoms with Crippen molar-refractivity contribution >= 4 is 56.4 Å². The number of rotatable bonds is 8. The predicted octanol–water partition coefficient (Wildman–Crippen LogP) is 6.32. The van der Waals surface area contributed by atoms with Gasteiger partial charge in [0.1, 0.15) is 5.75 Å². The lowest BCUT2D eigenvalue weighted by atomic mass is 10.1. The van der Waals surface area contributed by atoms with Gasteiger partial charge in [0.2, 0.25) is 0 Å². The Kier molecular flexibility index (Phi) is 9.18. The van der Waals surface area contributed by atoms with Gasteiger partial charge in [0.15, 0.2) is 5.11 Å². The highest BCUT2D eigenvalue weighted by atomic mass is 79.9. The van der Waals surface area contributed by atoms with Crippen LogP contribution in [0.2, 0.25) is 0 Å². The molecule has 3 rings (SSSR count). The van der Waals surface area contributed by atoms with Gasteiger partial charge in [0, 0.05) is 22.5 Å². The first-order valence-electron chi connectivity index (χ1n) is 10.9. The summed E-state index contributed by atoms with van der Waals surface area (Å²) < 4.78 is 6.40. The molecule has 176 valence electrons. The summed E-state index contributed by atoms with van der Waals surface area (Å²) in [5, 5.41) is 8.69. The van der Waals surface area contributed by atoms with Crippen molar-refractivity contribution in [2.24, 2.45) is 0 Å². The molecule has 2 amide bonds. The van der Waals surface area contributed by atoms with Gasteiger partial charge >= 0.3 is 0 Å². The average molecular weight is 540 g/mol. The molecule has 34 heavy (non-hydrogen) atoms. The number of hydrogen-bond acceptors (Lipinski definition) is 4. The van der Waals surface area contributed by atoms with Crippen molar-refractivity contribution < 1.29 is 14.3 Å². The molecule has 0 spiro atoms. The van der Waals surface area contributed by atoms with Gasteiger partial charge in [0.25, 0.3) is 11.8 Å².